The summed E-state index contributed by atoms with van der Waals surface area (Å²) in [5.41, 5.74) is 1.90. The summed E-state index contributed by atoms with van der Waals surface area (Å²) < 4.78 is 0. The molecule has 0 aliphatic carbocycles. The lowest BCUT2D eigenvalue weighted by Gasteiger charge is -2.39. The standard InChI is InChI=1S/C22H26N8/c1-14-10-21(29-28-14)26-20-13-19-18(4-2-8-24-19)22(27-20)25-15-11-16-5-6-17(12-15)30(16)9-3-7-23/h2,4,8,10,13,15-17H,3,5-6,9,11-12H2,1H3,(H3,25,26,27,28,29). The van der Waals surface area contributed by atoms with Gasteiger partial charge in [0.2, 0.25) is 0 Å². The van der Waals surface area contributed by atoms with Crippen molar-refractivity contribution in [2.45, 2.75) is 57.2 Å². The molecule has 2 fully saturated rings. The quantitative estimate of drug-likeness (QED) is 0.577. The molecule has 5 heterocycles. The molecule has 0 amide bonds. The van der Waals surface area contributed by atoms with Crippen molar-refractivity contribution in [3.05, 3.63) is 36.2 Å². The number of nitrogens with zero attached hydrogens (tertiary/aromatic N) is 5. The number of nitrogens with one attached hydrogen (secondary N) is 3. The summed E-state index contributed by atoms with van der Waals surface area (Å²) in [6.45, 7) is 2.87. The first-order valence-corrected chi connectivity index (χ1v) is 10.6. The van der Waals surface area contributed by atoms with Crippen LogP contribution in [0.2, 0.25) is 0 Å². The van der Waals surface area contributed by atoms with Crippen LogP contribution in [0, 0.1) is 18.3 Å². The highest BCUT2D eigenvalue weighted by atomic mass is 15.2. The van der Waals surface area contributed by atoms with Gasteiger partial charge in [0, 0.05) is 60.5 Å². The van der Waals surface area contributed by atoms with Gasteiger partial charge in [-0.05, 0) is 44.7 Å². The number of rotatable bonds is 6. The van der Waals surface area contributed by atoms with Crippen molar-refractivity contribution >= 4 is 28.4 Å². The van der Waals surface area contributed by atoms with E-state index >= 15 is 0 Å². The van der Waals surface area contributed by atoms with E-state index in [1.165, 1.54) is 12.8 Å². The minimum absolute atomic E-state index is 0.375. The maximum Gasteiger partial charge on any atom is 0.153 e. The number of nitriles is 1. The predicted molar refractivity (Wildman–Crippen MR) is 117 cm³/mol. The van der Waals surface area contributed by atoms with E-state index in [0.717, 1.165) is 53.4 Å². The fourth-order valence-electron chi connectivity index (χ4n) is 4.99. The Morgan fingerprint density at radius 2 is 2.07 bits per heavy atom. The Balaban J connectivity index is 1.38. The number of H-pyrrole nitrogens is 1. The number of piperidine rings is 1. The highest BCUT2D eigenvalue weighted by Gasteiger charge is 2.40. The number of aromatic nitrogens is 4. The molecule has 154 valence electrons. The topological polar surface area (TPSA) is 106 Å². The molecule has 2 atom stereocenters. The number of hydrogen-bond acceptors (Lipinski definition) is 7. The summed E-state index contributed by atoms with van der Waals surface area (Å²) in [5, 5.41) is 24.2. The van der Waals surface area contributed by atoms with Gasteiger partial charge in [0.25, 0.3) is 0 Å². The van der Waals surface area contributed by atoms with Gasteiger partial charge in [-0.2, -0.15) is 10.4 Å². The van der Waals surface area contributed by atoms with Crippen LogP contribution in [0.4, 0.5) is 17.5 Å². The van der Waals surface area contributed by atoms with Crippen LogP contribution in [-0.4, -0.2) is 49.7 Å². The van der Waals surface area contributed by atoms with E-state index in [1.807, 2.05) is 31.3 Å². The molecule has 2 aliphatic rings. The second kappa shape index (κ2) is 7.92. The summed E-state index contributed by atoms with van der Waals surface area (Å²) in [6, 6.07) is 11.7. The van der Waals surface area contributed by atoms with Gasteiger partial charge < -0.3 is 10.6 Å². The summed E-state index contributed by atoms with van der Waals surface area (Å²) in [5.74, 6) is 2.33. The van der Waals surface area contributed by atoms with Crippen LogP contribution in [0.5, 0.6) is 0 Å². The molecule has 0 spiro atoms. The molecule has 5 rings (SSSR count). The molecule has 8 heteroatoms. The van der Waals surface area contributed by atoms with Gasteiger partial charge in [-0.1, -0.05) is 0 Å². The molecular weight excluding hydrogens is 376 g/mol. The molecule has 3 aromatic rings. The van der Waals surface area contributed by atoms with E-state index in [9.17, 15) is 0 Å². The Morgan fingerprint density at radius 3 is 2.80 bits per heavy atom. The van der Waals surface area contributed by atoms with E-state index in [-0.39, 0.29) is 0 Å². The molecule has 2 saturated heterocycles. The molecule has 8 nitrogen and oxygen atoms in total. The second-order valence-corrected chi connectivity index (χ2v) is 8.33. The third kappa shape index (κ3) is 3.68. The first kappa shape index (κ1) is 18.8. The summed E-state index contributed by atoms with van der Waals surface area (Å²) in [4.78, 5) is 12.0. The Hall–Kier alpha value is -3.18. The predicted octanol–water partition coefficient (Wildman–Crippen LogP) is 3.73. The van der Waals surface area contributed by atoms with Gasteiger partial charge in [0.05, 0.1) is 11.6 Å². The van der Waals surface area contributed by atoms with Gasteiger partial charge in [0.15, 0.2) is 5.82 Å². The number of aryl methyl sites for hydroxylation is 1. The van der Waals surface area contributed by atoms with Crippen molar-refractivity contribution in [2.75, 3.05) is 17.2 Å². The fraction of sp³-hybridized carbons (Fsp3) is 0.455. The zero-order valence-electron chi connectivity index (χ0n) is 17.1. The fourth-order valence-corrected chi connectivity index (χ4v) is 4.99. The van der Waals surface area contributed by atoms with Gasteiger partial charge in [-0.15, -0.1) is 0 Å². The average molecular weight is 403 g/mol. The Kier molecular flexibility index (Phi) is 4.97. The van der Waals surface area contributed by atoms with Gasteiger partial charge in [-0.25, -0.2) is 4.98 Å². The molecular formula is C22H26N8. The van der Waals surface area contributed by atoms with Crippen molar-refractivity contribution in [2.24, 2.45) is 0 Å². The zero-order valence-corrected chi connectivity index (χ0v) is 17.1. The van der Waals surface area contributed by atoms with Crippen LogP contribution in [0.1, 0.15) is 37.8 Å². The number of pyridine rings is 2. The minimum Gasteiger partial charge on any atom is -0.367 e. The van der Waals surface area contributed by atoms with E-state index in [0.29, 0.717) is 24.5 Å². The zero-order chi connectivity index (χ0) is 20.5. The largest absolute Gasteiger partial charge is 0.367 e. The summed E-state index contributed by atoms with van der Waals surface area (Å²) >= 11 is 0. The normalized spacial score (nSPS) is 23.4. The highest BCUT2D eigenvalue weighted by Crippen LogP contribution is 2.37. The van der Waals surface area contributed by atoms with Crippen LogP contribution >= 0.6 is 0 Å². The van der Waals surface area contributed by atoms with Crippen LogP contribution in [0.3, 0.4) is 0 Å². The van der Waals surface area contributed by atoms with E-state index < -0.39 is 0 Å². The molecule has 30 heavy (non-hydrogen) atoms. The Labute approximate surface area is 175 Å². The molecule has 2 aliphatic heterocycles. The second-order valence-electron chi connectivity index (χ2n) is 8.33. The first-order valence-electron chi connectivity index (χ1n) is 10.6. The molecule has 0 saturated carbocycles. The SMILES string of the molecule is Cc1cc(Nc2cc3ncccc3c(NC3CC4CCC(C3)N4CCC#N)n2)n[nH]1. The maximum absolute atomic E-state index is 8.95. The number of hydrogen-bond donors (Lipinski definition) is 3. The van der Waals surface area contributed by atoms with Gasteiger partial charge in [0.1, 0.15) is 11.6 Å². The van der Waals surface area contributed by atoms with Crippen LogP contribution < -0.4 is 10.6 Å². The highest BCUT2D eigenvalue weighted by molar-refractivity contribution is 5.91. The lowest BCUT2D eigenvalue weighted by molar-refractivity contribution is 0.136. The Morgan fingerprint density at radius 1 is 1.23 bits per heavy atom. The van der Waals surface area contributed by atoms with Gasteiger partial charge >= 0.3 is 0 Å². The third-order valence-electron chi connectivity index (χ3n) is 6.27. The average Bonchev–Trinajstić information content (AvgIpc) is 3.25. The van der Waals surface area contributed by atoms with Crippen LogP contribution in [-0.2, 0) is 0 Å². The lowest BCUT2D eigenvalue weighted by atomic mass is 9.97. The molecule has 2 unspecified atom stereocenters. The molecule has 3 N–H and O–H groups in total. The number of fused-ring (bicyclic) bond motifs is 3. The lowest BCUT2D eigenvalue weighted by Crippen LogP contribution is -2.47. The maximum atomic E-state index is 8.95. The third-order valence-corrected chi connectivity index (χ3v) is 6.27. The smallest absolute Gasteiger partial charge is 0.153 e. The van der Waals surface area contributed by atoms with Crippen LogP contribution in [0.15, 0.2) is 30.5 Å². The van der Waals surface area contributed by atoms with E-state index in [2.05, 4.69) is 42.9 Å². The minimum atomic E-state index is 0.375. The first-order chi connectivity index (χ1) is 14.7. The van der Waals surface area contributed by atoms with Crippen molar-refractivity contribution in [3.8, 4) is 6.07 Å². The summed E-state index contributed by atoms with van der Waals surface area (Å²) in [7, 11) is 0. The Bertz CT molecular complexity index is 1070. The monoisotopic (exact) mass is 402 g/mol. The van der Waals surface area contributed by atoms with Crippen molar-refractivity contribution in [1.82, 2.24) is 25.1 Å². The van der Waals surface area contributed by atoms with E-state index in [4.69, 9.17) is 10.2 Å². The molecule has 0 radical (unpaired) electrons. The molecule has 2 bridgehead atoms. The molecule has 3 aromatic heterocycles. The van der Waals surface area contributed by atoms with Crippen molar-refractivity contribution < 1.29 is 0 Å². The molecule has 0 aromatic carbocycles. The van der Waals surface area contributed by atoms with E-state index in [1.54, 1.807) is 0 Å². The summed E-state index contributed by atoms with van der Waals surface area (Å²) in [6.07, 6.45) is 7.04. The number of aromatic amines is 1. The number of anilines is 3. The van der Waals surface area contributed by atoms with Crippen molar-refractivity contribution in [1.29, 1.82) is 5.26 Å². The van der Waals surface area contributed by atoms with Crippen molar-refractivity contribution in [3.63, 3.8) is 0 Å². The van der Waals surface area contributed by atoms with Gasteiger partial charge in [-0.3, -0.25) is 15.0 Å². The van der Waals surface area contributed by atoms with Crippen LogP contribution in [0.25, 0.3) is 10.9 Å².